The Labute approximate surface area is 299 Å². The number of ether oxygens (including phenoxy) is 6. The Hall–Kier alpha value is -4.16. The Balaban J connectivity index is 1.27. The predicted octanol–water partition coefficient (Wildman–Crippen LogP) is 0.791. The van der Waals surface area contributed by atoms with Crippen LogP contribution in [-0.2, 0) is 39.7 Å². The molecule has 52 heavy (non-hydrogen) atoms. The van der Waals surface area contributed by atoms with Gasteiger partial charge in [-0.05, 0) is 26.8 Å². The van der Waals surface area contributed by atoms with Crippen molar-refractivity contribution in [1.29, 1.82) is 0 Å². The second-order valence-electron chi connectivity index (χ2n) is 14.1. The molecule has 0 bridgehead atoms. The molecule has 8 unspecified atom stereocenters. The van der Waals surface area contributed by atoms with E-state index in [1.165, 1.54) is 32.4 Å². The maximum Gasteiger partial charge on any atom is 0.252 e. The molecule has 7 rings (SSSR count). The van der Waals surface area contributed by atoms with E-state index < -0.39 is 102 Å². The van der Waals surface area contributed by atoms with E-state index >= 15 is 0 Å². The van der Waals surface area contributed by atoms with Crippen molar-refractivity contribution in [2.75, 3.05) is 33.9 Å². The second kappa shape index (κ2) is 13.7. The molecular weight excluding hydrogens is 682 g/mol. The van der Waals surface area contributed by atoms with Crippen LogP contribution < -0.4 is 15.4 Å². The molecule has 5 N–H and O–H groups in total. The molecule has 2 aromatic rings. The van der Waals surface area contributed by atoms with E-state index in [4.69, 9.17) is 28.4 Å². The highest BCUT2D eigenvalue weighted by atomic mass is 16.7. The number of nitrogens with one attached hydrogen (secondary N) is 2. The van der Waals surface area contributed by atoms with E-state index in [2.05, 4.69) is 15.5 Å². The molecule has 0 aromatic heterocycles. The standard InChI is InChI=1S/C36H43N3O13/c1-15(2)38-22(40)14-37-35(45)36(46)12-18-25(31(44)27-26(29(18)42)28(41)17-7-6-8-20(47-4)24(17)30(27)43)21(13-36)51-23-11-19-32(16(3)50-23)52-33-34(48-5)49-10-9-39(19)33/h6-8,15-16,19,21,23,32-34,42,44,46H,9-14H2,1-5H3,(H,37,45)(H,38,40). The predicted molar refractivity (Wildman–Crippen MR) is 178 cm³/mol. The zero-order valence-corrected chi connectivity index (χ0v) is 29.5. The molecule has 3 saturated heterocycles. The number of aliphatic hydroxyl groups is 1. The molecule has 3 heterocycles. The summed E-state index contributed by atoms with van der Waals surface area (Å²) < 4.78 is 35.7. The summed E-state index contributed by atoms with van der Waals surface area (Å²) in [6.07, 6.45) is -5.02. The summed E-state index contributed by atoms with van der Waals surface area (Å²) in [5.74, 6) is -4.16. The first-order valence-electron chi connectivity index (χ1n) is 17.3. The Morgan fingerprint density at radius 2 is 1.83 bits per heavy atom. The minimum atomic E-state index is -2.29. The van der Waals surface area contributed by atoms with E-state index in [0.29, 0.717) is 13.2 Å². The highest BCUT2D eigenvalue weighted by molar-refractivity contribution is 6.31. The monoisotopic (exact) mass is 725 g/mol. The number of hydrogen-bond donors (Lipinski definition) is 5. The number of phenolic OH excluding ortho intramolecular Hbond substituents is 2. The Morgan fingerprint density at radius 1 is 1.08 bits per heavy atom. The fourth-order valence-electron chi connectivity index (χ4n) is 8.20. The highest BCUT2D eigenvalue weighted by Gasteiger charge is 2.55. The SMILES string of the molecule is COc1cccc2c1C(=O)c1c(O)c3c(c(O)c1C2=O)CC(O)(C(=O)NCC(=O)NC(C)C)CC3OC1CC2C(OC3C(OC)OCCN23)C(C)O1. The maximum absolute atomic E-state index is 14.0. The summed E-state index contributed by atoms with van der Waals surface area (Å²) in [7, 11) is 2.88. The molecule has 0 spiro atoms. The zero-order valence-electron chi connectivity index (χ0n) is 29.5. The number of carbonyl (C=O) groups excluding carboxylic acids is 4. The first kappa shape index (κ1) is 36.2. The molecule has 3 fully saturated rings. The largest absolute Gasteiger partial charge is 0.507 e. The van der Waals surface area contributed by atoms with Crippen LogP contribution in [0.1, 0.15) is 82.7 Å². The van der Waals surface area contributed by atoms with Crippen molar-refractivity contribution >= 4 is 23.4 Å². The van der Waals surface area contributed by atoms with Crippen molar-refractivity contribution in [2.45, 2.75) is 94.8 Å². The third-order valence-electron chi connectivity index (χ3n) is 10.5. The van der Waals surface area contributed by atoms with Gasteiger partial charge in [-0.3, -0.25) is 24.1 Å². The summed E-state index contributed by atoms with van der Waals surface area (Å²) in [5, 5.41) is 40.8. The average molecular weight is 726 g/mol. The number of amides is 2. The number of morpholine rings is 1. The molecule has 3 aliphatic heterocycles. The minimum absolute atomic E-state index is 0.0469. The number of rotatable bonds is 8. The number of aromatic hydroxyl groups is 2. The van der Waals surface area contributed by atoms with Crippen LogP contribution >= 0.6 is 0 Å². The third kappa shape index (κ3) is 5.91. The molecule has 8 atom stereocenters. The lowest BCUT2D eigenvalue weighted by molar-refractivity contribution is -0.256. The smallest absolute Gasteiger partial charge is 0.252 e. The fraction of sp³-hybridized carbons (Fsp3) is 0.556. The minimum Gasteiger partial charge on any atom is -0.507 e. The molecule has 2 aliphatic carbocycles. The van der Waals surface area contributed by atoms with Gasteiger partial charge < -0.3 is 54.4 Å². The third-order valence-corrected chi connectivity index (χ3v) is 10.5. The van der Waals surface area contributed by atoms with Crippen molar-refractivity contribution in [3.05, 3.63) is 51.6 Å². The summed E-state index contributed by atoms with van der Waals surface area (Å²) in [6.45, 7) is 5.86. The fourth-order valence-corrected chi connectivity index (χ4v) is 8.20. The molecule has 16 nitrogen and oxygen atoms in total. The lowest BCUT2D eigenvalue weighted by Crippen LogP contribution is -2.56. The van der Waals surface area contributed by atoms with Crippen molar-refractivity contribution < 1.29 is 62.9 Å². The van der Waals surface area contributed by atoms with Gasteiger partial charge in [0.2, 0.25) is 11.7 Å². The Bertz CT molecular complexity index is 1820. The van der Waals surface area contributed by atoms with Gasteiger partial charge >= 0.3 is 0 Å². The van der Waals surface area contributed by atoms with E-state index in [0.717, 1.165) is 0 Å². The van der Waals surface area contributed by atoms with E-state index in [9.17, 15) is 34.5 Å². The number of hydrogen-bond acceptors (Lipinski definition) is 14. The number of ketones is 2. The van der Waals surface area contributed by atoms with Crippen LogP contribution in [0, 0.1) is 0 Å². The van der Waals surface area contributed by atoms with Crippen LogP contribution in [0.3, 0.4) is 0 Å². The molecular formula is C36H43N3O13. The first-order chi connectivity index (χ1) is 24.8. The van der Waals surface area contributed by atoms with Gasteiger partial charge in [-0.25, -0.2) is 0 Å². The number of nitrogens with zero attached hydrogens (tertiary/aromatic N) is 1. The van der Waals surface area contributed by atoms with Crippen LogP contribution in [-0.4, -0.2) is 126 Å². The Kier molecular flexibility index (Phi) is 9.52. The van der Waals surface area contributed by atoms with Crippen LogP contribution in [0.2, 0.25) is 0 Å². The highest BCUT2D eigenvalue weighted by Crippen LogP contribution is 2.53. The van der Waals surface area contributed by atoms with E-state index in [1.807, 2.05) is 6.92 Å². The molecule has 5 aliphatic rings. The quantitative estimate of drug-likeness (QED) is 0.203. The van der Waals surface area contributed by atoms with Gasteiger partial charge in [0, 0.05) is 61.7 Å². The lowest BCUT2D eigenvalue weighted by atomic mass is 9.72. The number of phenols is 2. The van der Waals surface area contributed by atoms with E-state index in [-0.39, 0.29) is 52.6 Å². The number of benzene rings is 2. The second-order valence-corrected chi connectivity index (χ2v) is 14.1. The van der Waals surface area contributed by atoms with Gasteiger partial charge in [-0.15, -0.1) is 0 Å². The van der Waals surface area contributed by atoms with Crippen molar-refractivity contribution in [3.8, 4) is 17.2 Å². The summed E-state index contributed by atoms with van der Waals surface area (Å²) in [4.78, 5) is 56.1. The molecule has 0 saturated carbocycles. The van der Waals surface area contributed by atoms with Gasteiger partial charge in [0.1, 0.15) is 29.0 Å². The molecule has 280 valence electrons. The van der Waals surface area contributed by atoms with Crippen LogP contribution in [0.25, 0.3) is 0 Å². The van der Waals surface area contributed by atoms with Crippen molar-refractivity contribution in [1.82, 2.24) is 15.5 Å². The number of fused-ring (bicyclic) bond motifs is 6. The number of methoxy groups -OCH3 is 2. The van der Waals surface area contributed by atoms with Gasteiger partial charge in [-0.2, -0.15) is 0 Å². The van der Waals surface area contributed by atoms with Gasteiger partial charge in [0.25, 0.3) is 5.91 Å². The summed E-state index contributed by atoms with van der Waals surface area (Å²) >= 11 is 0. The van der Waals surface area contributed by atoms with Crippen LogP contribution in [0.5, 0.6) is 17.2 Å². The number of carbonyl (C=O) groups is 4. The van der Waals surface area contributed by atoms with Gasteiger partial charge in [0.05, 0.1) is 49.2 Å². The van der Waals surface area contributed by atoms with E-state index in [1.54, 1.807) is 13.8 Å². The van der Waals surface area contributed by atoms with Crippen molar-refractivity contribution in [3.63, 3.8) is 0 Å². The van der Waals surface area contributed by atoms with Gasteiger partial charge in [0.15, 0.2) is 24.6 Å². The van der Waals surface area contributed by atoms with Crippen LogP contribution in [0.4, 0.5) is 0 Å². The summed E-state index contributed by atoms with van der Waals surface area (Å²) in [5.41, 5.74) is -3.57. The molecule has 16 heteroatoms. The van der Waals surface area contributed by atoms with Crippen molar-refractivity contribution in [2.24, 2.45) is 0 Å². The molecule has 0 radical (unpaired) electrons. The topological polar surface area (TPSA) is 212 Å². The normalized spacial score (nSPS) is 30.9. The van der Waals surface area contributed by atoms with Crippen LogP contribution in [0.15, 0.2) is 18.2 Å². The molecule has 2 amide bonds. The summed E-state index contributed by atoms with van der Waals surface area (Å²) in [6, 6.07) is 4.04. The average Bonchev–Trinajstić information content (AvgIpc) is 3.49. The maximum atomic E-state index is 14.0. The zero-order chi connectivity index (χ0) is 37.2. The van der Waals surface area contributed by atoms with Gasteiger partial charge in [-0.1, -0.05) is 12.1 Å². The molecule has 2 aromatic carbocycles. The Morgan fingerprint density at radius 3 is 2.54 bits per heavy atom. The lowest BCUT2D eigenvalue weighted by Gasteiger charge is -2.43. The first-order valence-corrected chi connectivity index (χ1v) is 17.3.